The van der Waals surface area contributed by atoms with Crippen LogP contribution in [0.25, 0.3) is 0 Å². The zero-order chi connectivity index (χ0) is 9.84. The highest BCUT2D eigenvalue weighted by Crippen LogP contribution is 2.10. The molecule has 0 aliphatic carbocycles. The molecule has 0 saturated heterocycles. The zero-order valence-corrected chi connectivity index (χ0v) is 7.07. The standard InChI is InChI=1S/C8H9NO4/c1-2-12-8(11)6-5(7(9)10)3-4-13-6/h3-4H,2H2,1H3,(H2,9,10). The molecule has 5 nitrogen and oxygen atoms in total. The van der Waals surface area contributed by atoms with Crippen molar-refractivity contribution in [3.8, 4) is 0 Å². The molecule has 1 heterocycles. The number of rotatable bonds is 3. The lowest BCUT2D eigenvalue weighted by Crippen LogP contribution is -2.15. The van der Waals surface area contributed by atoms with Gasteiger partial charge in [0, 0.05) is 0 Å². The minimum atomic E-state index is -0.711. The van der Waals surface area contributed by atoms with Crippen LogP contribution in [0.3, 0.4) is 0 Å². The van der Waals surface area contributed by atoms with E-state index >= 15 is 0 Å². The smallest absolute Gasteiger partial charge is 0.375 e. The average Bonchev–Trinajstić information content (AvgIpc) is 2.52. The first-order valence-electron chi connectivity index (χ1n) is 3.71. The second-order valence-corrected chi connectivity index (χ2v) is 2.25. The molecule has 0 radical (unpaired) electrons. The van der Waals surface area contributed by atoms with Crippen LogP contribution in [-0.4, -0.2) is 18.5 Å². The molecule has 0 aliphatic heterocycles. The minimum Gasteiger partial charge on any atom is -0.460 e. The summed E-state index contributed by atoms with van der Waals surface area (Å²) in [6.45, 7) is 1.88. The molecule has 0 atom stereocenters. The molecule has 0 aromatic carbocycles. The number of carbonyl (C=O) groups excluding carboxylic acids is 2. The normalized spacial score (nSPS) is 9.62. The van der Waals surface area contributed by atoms with Crippen LogP contribution in [0.4, 0.5) is 0 Å². The van der Waals surface area contributed by atoms with Gasteiger partial charge in [0.25, 0.3) is 5.91 Å². The Morgan fingerprint density at radius 1 is 1.62 bits per heavy atom. The SMILES string of the molecule is CCOC(=O)c1occc1C(N)=O. The third kappa shape index (κ3) is 1.87. The highest BCUT2D eigenvalue weighted by molar-refractivity contribution is 6.02. The summed E-state index contributed by atoms with van der Waals surface area (Å²) in [6.07, 6.45) is 1.21. The van der Waals surface area contributed by atoms with Gasteiger partial charge in [0.05, 0.1) is 18.4 Å². The largest absolute Gasteiger partial charge is 0.460 e. The van der Waals surface area contributed by atoms with Crippen LogP contribution < -0.4 is 5.73 Å². The van der Waals surface area contributed by atoms with Gasteiger partial charge in [0.1, 0.15) is 0 Å². The van der Waals surface area contributed by atoms with E-state index in [0.29, 0.717) is 0 Å². The maximum absolute atomic E-state index is 11.1. The van der Waals surface area contributed by atoms with Crippen molar-refractivity contribution in [2.75, 3.05) is 6.61 Å². The van der Waals surface area contributed by atoms with Gasteiger partial charge in [-0.15, -0.1) is 0 Å². The summed E-state index contributed by atoms with van der Waals surface area (Å²) in [6, 6.07) is 1.33. The van der Waals surface area contributed by atoms with Crippen molar-refractivity contribution in [2.45, 2.75) is 6.92 Å². The van der Waals surface area contributed by atoms with Crippen molar-refractivity contribution in [3.63, 3.8) is 0 Å². The number of esters is 1. The number of ether oxygens (including phenoxy) is 1. The Labute approximate surface area is 74.5 Å². The molecule has 2 N–H and O–H groups in total. The van der Waals surface area contributed by atoms with Crippen LogP contribution >= 0.6 is 0 Å². The molecular weight excluding hydrogens is 174 g/mol. The Balaban J connectivity index is 2.93. The van der Waals surface area contributed by atoms with Gasteiger partial charge in [-0.3, -0.25) is 4.79 Å². The molecule has 0 fully saturated rings. The van der Waals surface area contributed by atoms with Crippen LogP contribution in [0.1, 0.15) is 27.8 Å². The van der Waals surface area contributed by atoms with Crippen LogP contribution in [0.2, 0.25) is 0 Å². The first kappa shape index (κ1) is 9.31. The summed E-state index contributed by atoms with van der Waals surface area (Å²) >= 11 is 0. The third-order valence-electron chi connectivity index (χ3n) is 1.39. The fourth-order valence-electron chi connectivity index (χ4n) is 0.858. The van der Waals surface area contributed by atoms with E-state index in [4.69, 9.17) is 10.2 Å². The summed E-state index contributed by atoms with van der Waals surface area (Å²) in [4.78, 5) is 21.9. The molecule has 1 aromatic heterocycles. The lowest BCUT2D eigenvalue weighted by atomic mass is 10.2. The molecule has 13 heavy (non-hydrogen) atoms. The van der Waals surface area contributed by atoms with E-state index in [2.05, 4.69) is 4.74 Å². The highest BCUT2D eigenvalue weighted by atomic mass is 16.5. The number of carbonyl (C=O) groups is 2. The maximum atomic E-state index is 11.1. The molecular formula is C8H9NO4. The number of primary amides is 1. The molecule has 0 unspecified atom stereocenters. The fourth-order valence-corrected chi connectivity index (χ4v) is 0.858. The van der Waals surface area contributed by atoms with Crippen molar-refractivity contribution >= 4 is 11.9 Å². The Morgan fingerprint density at radius 3 is 2.85 bits per heavy atom. The van der Waals surface area contributed by atoms with Crippen molar-refractivity contribution in [3.05, 3.63) is 23.7 Å². The fraction of sp³-hybridized carbons (Fsp3) is 0.250. The van der Waals surface area contributed by atoms with Crippen molar-refractivity contribution in [2.24, 2.45) is 5.73 Å². The van der Waals surface area contributed by atoms with E-state index in [-0.39, 0.29) is 17.9 Å². The van der Waals surface area contributed by atoms with Gasteiger partial charge in [0.15, 0.2) is 0 Å². The first-order valence-corrected chi connectivity index (χ1v) is 3.71. The van der Waals surface area contributed by atoms with Crippen molar-refractivity contribution < 1.29 is 18.7 Å². The van der Waals surface area contributed by atoms with Crippen molar-refractivity contribution in [1.29, 1.82) is 0 Å². The van der Waals surface area contributed by atoms with E-state index in [1.54, 1.807) is 6.92 Å². The van der Waals surface area contributed by atoms with E-state index in [1.165, 1.54) is 12.3 Å². The summed E-state index contributed by atoms with van der Waals surface area (Å²) in [5, 5.41) is 0. The number of hydrogen-bond donors (Lipinski definition) is 1. The van der Waals surface area contributed by atoms with Crippen LogP contribution in [0, 0.1) is 0 Å². The molecule has 1 aromatic rings. The highest BCUT2D eigenvalue weighted by Gasteiger charge is 2.19. The minimum absolute atomic E-state index is 0.0402. The molecule has 0 bridgehead atoms. The van der Waals surface area contributed by atoms with Crippen LogP contribution in [-0.2, 0) is 4.74 Å². The average molecular weight is 183 g/mol. The number of furan rings is 1. The second-order valence-electron chi connectivity index (χ2n) is 2.25. The first-order chi connectivity index (χ1) is 6.16. The van der Waals surface area contributed by atoms with E-state index < -0.39 is 11.9 Å². The number of hydrogen-bond acceptors (Lipinski definition) is 4. The molecule has 0 spiro atoms. The Hall–Kier alpha value is -1.78. The predicted octanol–water partition coefficient (Wildman–Crippen LogP) is 0.555. The quantitative estimate of drug-likeness (QED) is 0.694. The van der Waals surface area contributed by atoms with Crippen LogP contribution in [0.5, 0.6) is 0 Å². The molecule has 70 valence electrons. The Kier molecular flexibility index (Phi) is 2.69. The number of nitrogens with two attached hydrogens (primary N) is 1. The summed E-state index contributed by atoms with van der Waals surface area (Å²) < 4.78 is 9.40. The maximum Gasteiger partial charge on any atom is 0.375 e. The topological polar surface area (TPSA) is 82.5 Å². The monoisotopic (exact) mass is 183 g/mol. The van der Waals surface area contributed by atoms with Gasteiger partial charge in [-0.2, -0.15) is 0 Å². The lowest BCUT2D eigenvalue weighted by Gasteiger charge is -1.98. The van der Waals surface area contributed by atoms with E-state index in [1.807, 2.05) is 0 Å². The summed E-state index contributed by atoms with van der Waals surface area (Å²) in [5.41, 5.74) is 5.03. The molecule has 0 aliphatic rings. The van der Waals surface area contributed by atoms with Gasteiger partial charge in [-0.25, -0.2) is 4.79 Å². The van der Waals surface area contributed by atoms with E-state index in [9.17, 15) is 9.59 Å². The number of amides is 1. The molecule has 1 amide bonds. The second kappa shape index (κ2) is 3.75. The molecule has 0 saturated carbocycles. The van der Waals surface area contributed by atoms with Gasteiger partial charge >= 0.3 is 5.97 Å². The van der Waals surface area contributed by atoms with Crippen molar-refractivity contribution in [1.82, 2.24) is 0 Å². The van der Waals surface area contributed by atoms with Gasteiger partial charge in [0.2, 0.25) is 5.76 Å². The molecule has 1 rings (SSSR count). The molecule has 5 heteroatoms. The van der Waals surface area contributed by atoms with Crippen LogP contribution in [0.15, 0.2) is 16.7 Å². The Morgan fingerprint density at radius 2 is 2.31 bits per heavy atom. The summed E-state index contributed by atoms with van der Waals surface area (Å²) in [5.74, 6) is -1.53. The lowest BCUT2D eigenvalue weighted by molar-refractivity contribution is 0.0486. The summed E-state index contributed by atoms with van der Waals surface area (Å²) in [7, 11) is 0. The Bertz CT molecular complexity index is 329. The van der Waals surface area contributed by atoms with Gasteiger partial charge in [-0.1, -0.05) is 0 Å². The van der Waals surface area contributed by atoms with Gasteiger partial charge in [-0.05, 0) is 13.0 Å². The van der Waals surface area contributed by atoms with Gasteiger partial charge < -0.3 is 14.9 Å². The predicted molar refractivity (Wildman–Crippen MR) is 43.2 cm³/mol. The third-order valence-corrected chi connectivity index (χ3v) is 1.39. The zero-order valence-electron chi connectivity index (χ0n) is 7.07. The van der Waals surface area contributed by atoms with E-state index in [0.717, 1.165) is 0 Å².